The average molecular weight is 1080 g/mol. The molecule has 0 saturated heterocycles. The van der Waals surface area contributed by atoms with E-state index in [0.29, 0.717) is 5.41 Å². The molecule has 1 spiro atoms. The van der Waals surface area contributed by atoms with Gasteiger partial charge in [-0.3, -0.25) is 0 Å². The van der Waals surface area contributed by atoms with Gasteiger partial charge in [0.1, 0.15) is 0 Å². The molecule has 2 aliphatic carbocycles. The van der Waals surface area contributed by atoms with Crippen molar-refractivity contribution in [2.24, 2.45) is 0 Å². The van der Waals surface area contributed by atoms with Crippen molar-refractivity contribution in [2.75, 3.05) is 0 Å². The summed E-state index contributed by atoms with van der Waals surface area (Å²) in [6.07, 6.45) is 5.42. The van der Waals surface area contributed by atoms with Gasteiger partial charge in [0.15, 0.2) is 0 Å². The predicted octanol–water partition coefficient (Wildman–Crippen LogP) is 23.8. The predicted molar refractivity (Wildman–Crippen MR) is 367 cm³/mol. The van der Waals surface area contributed by atoms with Gasteiger partial charge < -0.3 is 0 Å². The van der Waals surface area contributed by atoms with Crippen molar-refractivity contribution in [2.45, 2.75) is 65.7 Å². The topological polar surface area (TPSA) is 0 Å². The SMILES string of the molecule is Cc1c2ccccc2cc2ccccc12.Cc1cc2ccc3cccc4ccc(c1)c2c34.Cc1cc2cccc3ccc4cccc1c4c32.Cc1ccc2ccc3cccc4ccc1c2c34.Cc1cccc2c1C1(CCCC1)c1ccccc1-2. The highest BCUT2D eigenvalue weighted by Crippen LogP contribution is 2.57. The first-order valence-corrected chi connectivity index (χ1v) is 30.2. The molecule has 0 radical (unpaired) electrons. The van der Waals surface area contributed by atoms with Crippen LogP contribution in [0, 0.1) is 34.6 Å². The van der Waals surface area contributed by atoms with Crippen LogP contribution in [0.25, 0.3) is 130 Å². The van der Waals surface area contributed by atoms with Gasteiger partial charge in [-0.25, -0.2) is 0 Å². The van der Waals surface area contributed by atoms with Gasteiger partial charge in [-0.15, -0.1) is 0 Å². The lowest BCUT2D eigenvalue weighted by molar-refractivity contribution is 0.547. The van der Waals surface area contributed by atoms with Crippen molar-refractivity contribution in [3.05, 3.63) is 300 Å². The molecule has 2 aliphatic rings. The molecule has 1 saturated carbocycles. The summed E-state index contributed by atoms with van der Waals surface area (Å²) in [4.78, 5) is 0. The molecule has 84 heavy (non-hydrogen) atoms. The molecule has 17 aromatic rings. The van der Waals surface area contributed by atoms with E-state index in [1.165, 1.54) is 183 Å². The van der Waals surface area contributed by atoms with E-state index in [2.05, 4.69) is 295 Å². The fraction of sp³-hybridized carbons (Fsp3) is 0.119. The molecule has 402 valence electrons. The van der Waals surface area contributed by atoms with Crippen molar-refractivity contribution >= 4 is 118 Å². The van der Waals surface area contributed by atoms with E-state index in [-0.39, 0.29) is 0 Å². The zero-order valence-corrected chi connectivity index (χ0v) is 48.7. The van der Waals surface area contributed by atoms with E-state index in [4.69, 9.17) is 0 Å². The van der Waals surface area contributed by atoms with E-state index in [0.717, 1.165) is 0 Å². The Morgan fingerprint density at radius 3 is 1.24 bits per heavy atom. The molecule has 0 heteroatoms. The van der Waals surface area contributed by atoms with Crippen LogP contribution in [0.5, 0.6) is 0 Å². The second-order valence-electron chi connectivity index (χ2n) is 24.1. The van der Waals surface area contributed by atoms with E-state index in [1.807, 2.05) is 0 Å². The summed E-state index contributed by atoms with van der Waals surface area (Å²) >= 11 is 0. The second kappa shape index (κ2) is 20.7. The Morgan fingerprint density at radius 2 is 0.631 bits per heavy atom. The molecule has 0 unspecified atom stereocenters. The summed E-state index contributed by atoms with van der Waals surface area (Å²) in [5.74, 6) is 0. The van der Waals surface area contributed by atoms with Crippen molar-refractivity contribution in [3.8, 4) is 11.1 Å². The van der Waals surface area contributed by atoms with Gasteiger partial charge >= 0.3 is 0 Å². The van der Waals surface area contributed by atoms with Crippen LogP contribution in [0.3, 0.4) is 0 Å². The number of rotatable bonds is 0. The zero-order valence-electron chi connectivity index (χ0n) is 48.7. The Kier molecular flexibility index (Phi) is 12.6. The molecule has 0 atom stereocenters. The number of aryl methyl sites for hydroxylation is 5. The van der Waals surface area contributed by atoms with Gasteiger partial charge in [-0.2, -0.15) is 0 Å². The fourth-order valence-electron chi connectivity index (χ4n) is 15.3. The maximum absolute atomic E-state index is 2.36. The second-order valence-corrected chi connectivity index (χ2v) is 24.1. The van der Waals surface area contributed by atoms with E-state index < -0.39 is 0 Å². The van der Waals surface area contributed by atoms with Crippen LogP contribution in [0.15, 0.2) is 261 Å². The minimum Gasteiger partial charge on any atom is -0.0619 e. The summed E-state index contributed by atoms with van der Waals surface area (Å²) in [6.45, 7) is 11.0. The molecule has 0 heterocycles. The smallest absolute Gasteiger partial charge is 0.0217 e. The maximum atomic E-state index is 2.36. The lowest BCUT2D eigenvalue weighted by Crippen LogP contribution is -2.21. The Balaban J connectivity index is 0.0000000894. The molecule has 0 aliphatic heterocycles. The van der Waals surface area contributed by atoms with Crippen LogP contribution in [-0.2, 0) is 5.41 Å². The molecular weight excluding hydrogens is 1010 g/mol. The third kappa shape index (κ3) is 8.49. The van der Waals surface area contributed by atoms with Gasteiger partial charge in [-0.05, 0) is 222 Å². The van der Waals surface area contributed by atoms with Crippen LogP contribution in [0.4, 0.5) is 0 Å². The van der Waals surface area contributed by atoms with Crippen LogP contribution >= 0.6 is 0 Å². The monoisotopic (exact) mass is 1070 g/mol. The molecule has 0 aromatic heterocycles. The van der Waals surface area contributed by atoms with Crippen molar-refractivity contribution in [3.63, 3.8) is 0 Å². The summed E-state index contributed by atoms with van der Waals surface area (Å²) in [5.41, 5.74) is 13.4. The number of hydrogen-bond acceptors (Lipinski definition) is 0. The quantitative estimate of drug-likeness (QED) is 0.105. The summed E-state index contributed by atoms with van der Waals surface area (Å²) < 4.78 is 0. The highest BCUT2D eigenvalue weighted by molar-refractivity contribution is 6.25. The summed E-state index contributed by atoms with van der Waals surface area (Å²) in [6, 6.07) is 95.0. The lowest BCUT2D eigenvalue weighted by Gasteiger charge is -2.28. The van der Waals surface area contributed by atoms with Crippen molar-refractivity contribution < 1.29 is 0 Å². The van der Waals surface area contributed by atoms with Gasteiger partial charge in [0.25, 0.3) is 0 Å². The molecular formula is C84H66. The van der Waals surface area contributed by atoms with E-state index >= 15 is 0 Å². The third-order valence-corrected chi connectivity index (χ3v) is 19.1. The largest absolute Gasteiger partial charge is 0.0619 e. The van der Waals surface area contributed by atoms with Gasteiger partial charge in [0.05, 0.1) is 0 Å². The first kappa shape index (κ1) is 51.3. The van der Waals surface area contributed by atoms with Crippen LogP contribution in [0.1, 0.15) is 64.6 Å². The molecule has 19 rings (SSSR count). The summed E-state index contributed by atoms with van der Waals surface area (Å²) in [5, 5.41) is 30.0. The fourth-order valence-corrected chi connectivity index (χ4v) is 15.3. The zero-order chi connectivity index (χ0) is 56.6. The average Bonchev–Trinajstić information content (AvgIpc) is 1.90. The molecule has 0 N–H and O–H groups in total. The standard InChI is InChI=1S/C18H18.3C17H12.C15H12/c1-13-7-6-9-15-14-8-2-3-10-16(14)18(17(13)15)11-4-5-12-18;1-11-10-14-6-2-4-12-8-9-13-5-3-7-15(11)17(13)16(12)14;1-11-9-14-7-5-12-3-2-4-13-6-8-15(10-11)17(14)16(12)13;1-11-5-6-14-8-7-12-3-2-4-13-9-10-15(11)17(14)16(12)13;1-11-14-8-4-2-6-12(14)10-13-7-3-5-9-15(11)13/h2-3,6-10H,4-5,11-12H2,1H3;3*2-10H,1H3;2-10H,1H3. The Labute approximate surface area is 492 Å². The first-order chi connectivity index (χ1) is 41.2. The molecule has 17 aromatic carbocycles. The third-order valence-electron chi connectivity index (χ3n) is 19.1. The van der Waals surface area contributed by atoms with E-state index in [1.54, 1.807) is 11.1 Å². The normalized spacial score (nSPS) is 13.2. The highest BCUT2D eigenvalue weighted by Gasteiger charge is 2.45. The van der Waals surface area contributed by atoms with Crippen LogP contribution < -0.4 is 0 Å². The van der Waals surface area contributed by atoms with Crippen LogP contribution in [-0.4, -0.2) is 0 Å². The first-order valence-electron chi connectivity index (χ1n) is 30.2. The highest BCUT2D eigenvalue weighted by atomic mass is 14.5. The maximum Gasteiger partial charge on any atom is 0.0217 e. The lowest BCUT2D eigenvalue weighted by atomic mass is 9.75. The van der Waals surface area contributed by atoms with Gasteiger partial charge in [0.2, 0.25) is 0 Å². The molecule has 0 nitrogen and oxygen atoms in total. The summed E-state index contributed by atoms with van der Waals surface area (Å²) in [7, 11) is 0. The van der Waals surface area contributed by atoms with Crippen molar-refractivity contribution in [1.29, 1.82) is 0 Å². The van der Waals surface area contributed by atoms with Gasteiger partial charge in [-0.1, -0.05) is 268 Å². The molecule has 0 amide bonds. The minimum absolute atomic E-state index is 0.345. The Hall–Kier alpha value is -9.62. The Morgan fingerprint density at radius 1 is 0.250 bits per heavy atom. The van der Waals surface area contributed by atoms with Crippen molar-refractivity contribution in [1.82, 2.24) is 0 Å². The van der Waals surface area contributed by atoms with Crippen LogP contribution in [0.2, 0.25) is 0 Å². The Bertz CT molecular complexity index is 5130. The minimum atomic E-state index is 0.345. The number of hydrogen-bond donors (Lipinski definition) is 0. The number of fused-ring (bicyclic) bond motifs is 7. The molecule has 1 fully saturated rings. The number of benzene rings is 17. The van der Waals surface area contributed by atoms with Gasteiger partial charge in [0, 0.05) is 5.41 Å². The van der Waals surface area contributed by atoms with E-state index in [9.17, 15) is 0 Å². The molecule has 0 bridgehead atoms.